The van der Waals surface area contributed by atoms with E-state index < -0.39 is 26.9 Å². The second kappa shape index (κ2) is 8.46. The van der Waals surface area contributed by atoms with Crippen LogP contribution in [0.15, 0.2) is 53.4 Å². The van der Waals surface area contributed by atoms with E-state index in [0.29, 0.717) is 18.7 Å². The first-order valence-corrected chi connectivity index (χ1v) is 11.6. The Hall–Kier alpha value is -3.07. The van der Waals surface area contributed by atoms with Crippen molar-refractivity contribution in [1.29, 1.82) is 0 Å². The lowest BCUT2D eigenvalue weighted by Crippen LogP contribution is -2.69. The summed E-state index contributed by atoms with van der Waals surface area (Å²) in [5, 5.41) is 0. The van der Waals surface area contributed by atoms with Crippen LogP contribution in [-0.2, 0) is 25.0 Å². The molecule has 1 aliphatic rings. The number of hydrogen-bond donors (Lipinski definition) is 1. The number of ether oxygens (including phenoxy) is 2. The molecular weight excluding hydrogens is 432 g/mol. The van der Waals surface area contributed by atoms with Crippen LogP contribution >= 0.6 is 0 Å². The Labute approximate surface area is 188 Å². The van der Waals surface area contributed by atoms with E-state index in [0.717, 1.165) is 5.56 Å². The molecule has 3 rings (SSSR count). The molecule has 0 radical (unpaired) electrons. The van der Waals surface area contributed by atoms with Gasteiger partial charge in [0.1, 0.15) is 5.54 Å². The fourth-order valence-electron chi connectivity index (χ4n) is 3.71. The van der Waals surface area contributed by atoms with E-state index in [1.54, 1.807) is 20.8 Å². The van der Waals surface area contributed by atoms with Crippen LogP contribution < -0.4 is 14.2 Å². The van der Waals surface area contributed by atoms with Crippen molar-refractivity contribution in [3.05, 3.63) is 54.1 Å². The predicted octanol–water partition coefficient (Wildman–Crippen LogP) is 2.48. The van der Waals surface area contributed by atoms with Crippen molar-refractivity contribution in [2.24, 2.45) is 0 Å². The number of nitrogens with one attached hydrogen (secondary N) is 1. The first-order valence-electron chi connectivity index (χ1n) is 10.1. The van der Waals surface area contributed by atoms with Crippen LogP contribution in [0.2, 0.25) is 0 Å². The largest absolute Gasteiger partial charge is 0.493 e. The zero-order valence-corrected chi connectivity index (χ0v) is 19.7. The fourth-order valence-corrected chi connectivity index (χ4v) is 4.80. The Bertz CT molecular complexity index is 1130. The van der Waals surface area contributed by atoms with Crippen molar-refractivity contribution in [2.45, 2.75) is 43.0 Å². The van der Waals surface area contributed by atoms with E-state index in [1.807, 2.05) is 30.3 Å². The highest BCUT2D eigenvalue weighted by atomic mass is 32.2. The number of benzene rings is 2. The molecule has 2 aromatic rings. The predicted molar refractivity (Wildman–Crippen MR) is 119 cm³/mol. The summed E-state index contributed by atoms with van der Waals surface area (Å²) in [5.41, 5.74) is -1.32. The van der Waals surface area contributed by atoms with Gasteiger partial charge in [0.2, 0.25) is 5.91 Å². The Kier molecular flexibility index (Phi) is 6.24. The van der Waals surface area contributed by atoms with Gasteiger partial charge >= 0.3 is 0 Å². The summed E-state index contributed by atoms with van der Waals surface area (Å²) in [6, 6.07) is 13.3. The Morgan fingerprint density at radius 1 is 1.03 bits per heavy atom. The summed E-state index contributed by atoms with van der Waals surface area (Å²) in [6.45, 7) is 5.54. The molecule has 0 spiro atoms. The van der Waals surface area contributed by atoms with Gasteiger partial charge in [0, 0.05) is 12.6 Å². The number of carbonyl (C=O) groups excluding carboxylic acids is 2. The lowest BCUT2D eigenvalue weighted by molar-refractivity contribution is -0.160. The van der Waals surface area contributed by atoms with Gasteiger partial charge in [-0.15, -0.1) is 0 Å². The molecule has 172 valence electrons. The number of hydrogen-bond acceptors (Lipinski definition) is 6. The Balaban J connectivity index is 1.82. The van der Waals surface area contributed by atoms with Gasteiger partial charge in [-0.1, -0.05) is 30.3 Å². The number of amides is 2. The summed E-state index contributed by atoms with van der Waals surface area (Å²) in [6.07, 6.45) is 0.358. The number of sulfonamides is 1. The third-order valence-electron chi connectivity index (χ3n) is 6.07. The molecule has 8 nitrogen and oxygen atoms in total. The normalized spacial score (nSPS) is 18.5. The maximum absolute atomic E-state index is 13.3. The van der Waals surface area contributed by atoms with Crippen LogP contribution in [0.3, 0.4) is 0 Å². The van der Waals surface area contributed by atoms with E-state index in [1.165, 1.54) is 37.3 Å². The van der Waals surface area contributed by atoms with E-state index in [2.05, 4.69) is 4.72 Å². The summed E-state index contributed by atoms with van der Waals surface area (Å²) < 4.78 is 38.1. The van der Waals surface area contributed by atoms with E-state index in [4.69, 9.17) is 9.47 Å². The maximum atomic E-state index is 13.3. The zero-order valence-electron chi connectivity index (χ0n) is 18.8. The minimum Gasteiger partial charge on any atom is -0.493 e. The van der Waals surface area contributed by atoms with Gasteiger partial charge in [-0.25, -0.2) is 13.1 Å². The van der Waals surface area contributed by atoms with E-state index >= 15 is 0 Å². The molecule has 1 fully saturated rings. The molecule has 1 N–H and O–H groups in total. The van der Waals surface area contributed by atoms with Crippen molar-refractivity contribution in [2.75, 3.05) is 20.8 Å². The highest BCUT2D eigenvalue weighted by molar-refractivity contribution is 7.90. The molecule has 2 amide bonds. The smallest absolute Gasteiger partial charge is 0.264 e. The second-order valence-corrected chi connectivity index (χ2v) is 10.1. The number of likely N-dealkylation sites (tertiary alicyclic amines) is 1. The number of methoxy groups -OCH3 is 2. The van der Waals surface area contributed by atoms with Gasteiger partial charge < -0.3 is 14.4 Å². The topological polar surface area (TPSA) is 102 Å². The lowest BCUT2D eigenvalue weighted by Gasteiger charge is -2.51. The molecule has 9 heteroatoms. The third kappa shape index (κ3) is 4.04. The molecule has 2 aromatic carbocycles. The van der Waals surface area contributed by atoms with Crippen LogP contribution in [0.4, 0.5) is 0 Å². The molecule has 0 saturated carbocycles. The van der Waals surface area contributed by atoms with Crippen molar-refractivity contribution in [3.63, 3.8) is 0 Å². The minimum absolute atomic E-state index is 0.145. The Morgan fingerprint density at radius 2 is 1.66 bits per heavy atom. The van der Waals surface area contributed by atoms with Crippen molar-refractivity contribution in [3.8, 4) is 11.5 Å². The molecule has 1 saturated heterocycles. The molecule has 1 aliphatic heterocycles. The number of carbonyl (C=O) groups is 2. The quantitative estimate of drug-likeness (QED) is 0.681. The molecule has 32 heavy (non-hydrogen) atoms. The lowest BCUT2D eigenvalue weighted by atomic mass is 9.78. The maximum Gasteiger partial charge on any atom is 0.264 e. The molecular formula is C23H28N2O6S. The van der Waals surface area contributed by atoms with Crippen molar-refractivity contribution >= 4 is 21.8 Å². The fraction of sp³-hybridized carbons (Fsp3) is 0.391. The van der Waals surface area contributed by atoms with E-state index in [9.17, 15) is 18.0 Å². The van der Waals surface area contributed by atoms with Gasteiger partial charge in [0.15, 0.2) is 11.5 Å². The third-order valence-corrected chi connectivity index (χ3v) is 7.40. The SMILES string of the molecule is COc1ccc(S(=O)(=O)NC(=O)C2(C)CCN2C(=O)C(C)(C)c2ccccc2)cc1OC. The molecule has 0 aromatic heterocycles. The van der Waals surface area contributed by atoms with Gasteiger partial charge in [-0.3, -0.25) is 9.59 Å². The van der Waals surface area contributed by atoms with Crippen LogP contribution in [0.5, 0.6) is 11.5 Å². The van der Waals surface area contributed by atoms with Crippen LogP contribution in [0.25, 0.3) is 0 Å². The van der Waals surface area contributed by atoms with Gasteiger partial charge in [-0.05, 0) is 44.9 Å². The average molecular weight is 461 g/mol. The standard InChI is InChI=1S/C23H28N2O6S/c1-22(2,16-9-7-6-8-10-16)21(27)25-14-13-23(25,3)20(26)24-32(28,29)17-11-12-18(30-4)19(15-17)31-5/h6-12,15H,13-14H2,1-5H3,(H,24,26). The average Bonchev–Trinajstić information content (AvgIpc) is 2.77. The highest BCUT2D eigenvalue weighted by Crippen LogP contribution is 2.37. The molecule has 1 atom stereocenters. The van der Waals surface area contributed by atoms with Gasteiger partial charge in [0.05, 0.1) is 24.5 Å². The monoisotopic (exact) mass is 460 g/mol. The molecule has 0 aliphatic carbocycles. The first-order chi connectivity index (χ1) is 15.0. The van der Waals surface area contributed by atoms with E-state index in [-0.39, 0.29) is 16.6 Å². The Morgan fingerprint density at radius 3 is 2.19 bits per heavy atom. The zero-order chi connectivity index (χ0) is 23.7. The summed E-state index contributed by atoms with van der Waals surface area (Å²) in [5.74, 6) is -0.408. The molecule has 0 bridgehead atoms. The first kappa shape index (κ1) is 23.6. The molecule has 1 heterocycles. The number of nitrogens with zero attached hydrogens (tertiary/aromatic N) is 1. The van der Waals surface area contributed by atoms with Crippen LogP contribution in [0, 0.1) is 0 Å². The second-order valence-electron chi connectivity index (χ2n) is 8.42. The van der Waals surface area contributed by atoms with Crippen molar-refractivity contribution in [1.82, 2.24) is 9.62 Å². The summed E-state index contributed by atoms with van der Waals surface area (Å²) in [4.78, 5) is 27.7. The minimum atomic E-state index is -4.19. The summed E-state index contributed by atoms with van der Waals surface area (Å²) >= 11 is 0. The van der Waals surface area contributed by atoms with Gasteiger partial charge in [0.25, 0.3) is 15.9 Å². The van der Waals surface area contributed by atoms with Crippen LogP contribution in [-0.4, -0.2) is 51.4 Å². The number of rotatable bonds is 7. The van der Waals surface area contributed by atoms with Crippen molar-refractivity contribution < 1.29 is 27.5 Å². The highest BCUT2D eigenvalue weighted by Gasteiger charge is 2.53. The van der Waals surface area contributed by atoms with Crippen LogP contribution in [0.1, 0.15) is 32.8 Å². The summed E-state index contributed by atoms with van der Waals surface area (Å²) in [7, 11) is -1.36. The molecule has 1 unspecified atom stereocenters. The van der Waals surface area contributed by atoms with Gasteiger partial charge in [-0.2, -0.15) is 0 Å².